The van der Waals surface area contributed by atoms with Gasteiger partial charge in [-0.1, -0.05) is 24.3 Å². The molecule has 4 atom stereocenters. The first-order valence-electron chi connectivity index (χ1n) is 10.3. The van der Waals surface area contributed by atoms with Gasteiger partial charge in [0.1, 0.15) is 18.8 Å². The van der Waals surface area contributed by atoms with Gasteiger partial charge in [0.05, 0.1) is 31.7 Å². The Hall–Kier alpha value is -2.83. The van der Waals surface area contributed by atoms with Crippen LogP contribution in [0.5, 0.6) is 11.5 Å². The van der Waals surface area contributed by atoms with Crippen molar-refractivity contribution in [1.29, 1.82) is 0 Å². The summed E-state index contributed by atoms with van der Waals surface area (Å²) in [5.74, 6) is 1.05. The van der Waals surface area contributed by atoms with E-state index in [0.29, 0.717) is 37.2 Å². The average Bonchev–Trinajstić information content (AvgIpc) is 3.02. The number of carbonyl (C=O) groups excluding carboxylic acids is 1. The van der Waals surface area contributed by atoms with Crippen LogP contribution in [-0.2, 0) is 16.7 Å². The van der Waals surface area contributed by atoms with Crippen LogP contribution >= 0.6 is 0 Å². The fourth-order valence-corrected chi connectivity index (χ4v) is 5.05. The molecular formula is C24H25NO5. The molecule has 2 heterocycles. The van der Waals surface area contributed by atoms with Gasteiger partial charge in [0.2, 0.25) is 0 Å². The van der Waals surface area contributed by atoms with Crippen molar-refractivity contribution in [3.8, 4) is 11.5 Å². The van der Waals surface area contributed by atoms with E-state index in [1.54, 1.807) is 26.3 Å². The van der Waals surface area contributed by atoms with Crippen molar-refractivity contribution in [2.75, 3.05) is 20.7 Å². The van der Waals surface area contributed by atoms with Gasteiger partial charge in [0, 0.05) is 24.0 Å². The largest absolute Gasteiger partial charge is 0.633 e. The topological polar surface area (TPSA) is 67.8 Å². The van der Waals surface area contributed by atoms with Crippen molar-refractivity contribution in [2.45, 2.75) is 37.0 Å². The Balaban J connectivity index is 1.49. The summed E-state index contributed by atoms with van der Waals surface area (Å²) in [6.45, 7) is 0.902. The Morgan fingerprint density at radius 2 is 2.03 bits per heavy atom. The molecule has 1 unspecified atom stereocenters. The zero-order chi connectivity index (χ0) is 20.9. The standard InChI is InChI=1S/C24H25NO5/c1-25(27)13-12-24-11-10-18(29-23(26)16-6-4-3-5-7-16)14-20(24)30-22-19(28-2)9-8-17(15-25)21(22)24/h3-11,18,20H,12-15H2,1-2H3/t18-,20-,24-,25?/m0/s1. The van der Waals surface area contributed by atoms with Crippen LogP contribution in [0.4, 0.5) is 0 Å². The molecule has 3 aliphatic rings. The lowest BCUT2D eigenvalue weighted by Gasteiger charge is -2.40. The predicted molar refractivity (Wildman–Crippen MR) is 111 cm³/mol. The first kappa shape index (κ1) is 19.2. The van der Waals surface area contributed by atoms with Crippen molar-refractivity contribution >= 4 is 5.97 Å². The Labute approximate surface area is 175 Å². The first-order chi connectivity index (χ1) is 14.4. The van der Waals surface area contributed by atoms with E-state index in [4.69, 9.17) is 14.2 Å². The minimum atomic E-state index is -0.394. The molecule has 1 aliphatic carbocycles. The maximum atomic E-state index is 13.0. The Kier molecular flexibility index (Phi) is 4.38. The molecule has 6 nitrogen and oxygen atoms in total. The number of hydroxylamine groups is 3. The average molecular weight is 407 g/mol. The van der Waals surface area contributed by atoms with Crippen LogP contribution in [0, 0.1) is 5.21 Å². The zero-order valence-corrected chi connectivity index (χ0v) is 17.2. The van der Waals surface area contributed by atoms with Gasteiger partial charge in [-0.05, 0) is 30.3 Å². The van der Waals surface area contributed by atoms with E-state index in [0.717, 1.165) is 16.9 Å². The molecule has 0 N–H and O–H groups in total. The summed E-state index contributed by atoms with van der Waals surface area (Å²) in [5, 5.41) is 13.0. The maximum absolute atomic E-state index is 13.0. The van der Waals surface area contributed by atoms with E-state index < -0.39 is 5.41 Å². The number of rotatable bonds is 3. The number of ether oxygens (including phenoxy) is 3. The highest BCUT2D eigenvalue weighted by atomic mass is 16.6. The number of hydrogen-bond donors (Lipinski definition) is 0. The smallest absolute Gasteiger partial charge is 0.338 e. The highest BCUT2D eigenvalue weighted by Crippen LogP contribution is 2.56. The summed E-state index contributed by atoms with van der Waals surface area (Å²) in [6.07, 6.45) is 4.69. The molecule has 0 saturated heterocycles. The van der Waals surface area contributed by atoms with E-state index in [1.165, 1.54) is 0 Å². The van der Waals surface area contributed by atoms with Crippen LogP contribution in [0.1, 0.15) is 34.3 Å². The Morgan fingerprint density at radius 3 is 2.80 bits per heavy atom. The van der Waals surface area contributed by atoms with Gasteiger partial charge in [-0.15, -0.1) is 0 Å². The third-order valence-electron chi connectivity index (χ3n) is 6.55. The fraction of sp³-hybridized carbons (Fsp3) is 0.375. The second-order valence-electron chi connectivity index (χ2n) is 8.61. The molecule has 0 bridgehead atoms. The number of benzene rings is 2. The Morgan fingerprint density at radius 1 is 1.23 bits per heavy atom. The van der Waals surface area contributed by atoms with Crippen LogP contribution < -0.4 is 9.47 Å². The van der Waals surface area contributed by atoms with Crippen molar-refractivity contribution in [1.82, 2.24) is 0 Å². The van der Waals surface area contributed by atoms with E-state index in [1.807, 2.05) is 36.4 Å². The minimum absolute atomic E-state index is 0.209. The second-order valence-corrected chi connectivity index (χ2v) is 8.61. The van der Waals surface area contributed by atoms with Crippen LogP contribution in [0.2, 0.25) is 0 Å². The summed E-state index contributed by atoms with van der Waals surface area (Å²) >= 11 is 0. The molecule has 0 amide bonds. The quantitative estimate of drug-likeness (QED) is 0.336. The van der Waals surface area contributed by atoms with Crippen molar-refractivity contribution in [3.05, 3.63) is 76.5 Å². The number of carbonyl (C=O) groups is 1. The van der Waals surface area contributed by atoms with E-state index in [9.17, 15) is 10.0 Å². The van der Waals surface area contributed by atoms with Gasteiger partial charge in [0.15, 0.2) is 11.5 Å². The molecule has 156 valence electrons. The molecule has 1 spiro atoms. The van der Waals surface area contributed by atoms with Gasteiger partial charge in [-0.25, -0.2) is 4.79 Å². The van der Waals surface area contributed by atoms with Crippen LogP contribution in [0.3, 0.4) is 0 Å². The highest BCUT2D eigenvalue weighted by Gasteiger charge is 2.54. The lowest BCUT2D eigenvalue weighted by Crippen LogP contribution is -2.45. The van der Waals surface area contributed by atoms with Gasteiger partial charge < -0.3 is 24.1 Å². The fourth-order valence-electron chi connectivity index (χ4n) is 5.05. The molecule has 2 aliphatic heterocycles. The molecular weight excluding hydrogens is 382 g/mol. The van der Waals surface area contributed by atoms with E-state index in [2.05, 4.69) is 6.08 Å². The number of quaternary nitrogens is 1. The summed E-state index contributed by atoms with van der Waals surface area (Å²) in [6, 6.07) is 12.8. The highest BCUT2D eigenvalue weighted by molar-refractivity contribution is 5.89. The normalized spacial score (nSPS) is 31.2. The van der Waals surface area contributed by atoms with Gasteiger partial charge in [0.25, 0.3) is 0 Å². The molecule has 30 heavy (non-hydrogen) atoms. The van der Waals surface area contributed by atoms with Gasteiger partial charge >= 0.3 is 5.97 Å². The van der Waals surface area contributed by atoms with Crippen LogP contribution in [-0.4, -0.2) is 43.5 Å². The summed E-state index contributed by atoms with van der Waals surface area (Å²) in [7, 11) is 3.35. The first-order valence-corrected chi connectivity index (χ1v) is 10.3. The number of hydrogen-bond acceptors (Lipinski definition) is 5. The van der Waals surface area contributed by atoms with Crippen molar-refractivity contribution in [2.24, 2.45) is 0 Å². The molecule has 0 aromatic heterocycles. The van der Waals surface area contributed by atoms with Crippen molar-refractivity contribution in [3.63, 3.8) is 0 Å². The molecule has 0 radical (unpaired) electrons. The minimum Gasteiger partial charge on any atom is -0.633 e. The predicted octanol–water partition coefficient (Wildman–Crippen LogP) is 3.73. The number of methoxy groups -OCH3 is 1. The lowest BCUT2D eigenvalue weighted by molar-refractivity contribution is -0.874. The Bertz CT molecular complexity index is 1020. The monoisotopic (exact) mass is 407 g/mol. The second kappa shape index (κ2) is 6.86. The molecule has 5 rings (SSSR count). The lowest BCUT2D eigenvalue weighted by atomic mass is 9.69. The maximum Gasteiger partial charge on any atom is 0.338 e. The molecule has 2 aromatic carbocycles. The summed E-state index contributed by atoms with van der Waals surface area (Å²) < 4.78 is 17.4. The summed E-state index contributed by atoms with van der Waals surface area (Å²) in [5.41, 5.74) is 2.20. The van der Waals surface area contributed by atoms with Gasteiger partial charge in [-0.3, -0.25) is 0 Å². The number of nitrogens with zero attached hydrogens (tertiary/aromatic N) is 1. The zero-order valence-electron chi connectivity index (χ0n) is 17.2. The van der Waals surface area contributed by atoms with E-state index in [-0.39, 0.29) is 22.8 Å². The molecule has 0 saturated carbocycles. The van der Waals surface area contributed by atoms with E-state index >= 15 is 0 Å². The third-order valence-corrected chi connectivity index (χ3v) is 6.55. The van der Waals surface area contributed by atoms with Crippen LogP contribution in [0.15, 0.2) is 54.6 Å². The summed E-state index contributed by atoms with van der Waals surface area (Å²) in [4.78, 5) is 12.5. The van der Waals surface area contributed by atoms with Gasteiger partial charge in [-0.2, -0.15) is 0 Å². The molecule has 0 fully saturated rings. The number of esters is 1. The van der Waals surface area contributed by atoms with Crippen molar-refractivity contribution < 1.29 is 23.7 Å². The third kappa shape index (κ3) is 2.99. The SMILES string of the molecule is COc1ccc2c3c1O[C@H]1C[C@@H](OC(=O)c4ccccc4)C=C[C@@]31CC[N+](C)([O-])C2. The molecule has 2 aromatic rings. The molecule has 6 heteroatoms. The van der Waals surface area contributed by atoms with Crippen LogP contribution in [0.25, 0.3) is 0 Å².